The van der Waals surface area contributed by atoms with Crippen LogP contribution in [0.25, 0.3) is 11.3 Å². The van der Waals surface area contributed by atoms with E-state index in [0.717, 1.165) is 51.7 Å². The Hall–Kier alpha value is -2.74. The van der Waals surface area contributed by atoms with Crippen molar-refractivity contribution >= 4 is 34.9 Å². The molecule has 0 atom stereocenters. The van der Waals surface area contributed by atoms with Gasteiger partial charge in [0, 0.05) is 23.2 Å². The second-order valence-corrected chi connectivity index (χ2v) is 9.36. The SMILES string of the molecule is CCCC1(CCC)NC(=O)N(CC(=O)N2CCc3cc(-c4csc(C)n4)ccc32)C1=O. The largest absolute Gasteiger partial charge is 0.325 e. The predicted octanol–water partition coefficient (Wildman–Crippen LogP) is 3.90. The van der Waals surface area contributed by atoms with Crippen molar-refractivity contribution in [2.24, 2.45) is 0 Å². The van der Waals surface area contributed by atoms with Crippen molar-refractivity contribution in [1.29, 1.82) is 0 Å². The normalized spacial score (nSPS) is 17.3. The van der Waals surface area contributed by atoms with Gasteiger partial charge >= 0.3 is 6.03 Å². The third kappa shape index (κ3) is 3.84. The van der Waals surface area contributed by atoms with Gasteiger partial charge < -0.3 is 10.2 Å². The topological polar surface area (TPSA) is 82.6 Å². The second-order valence-electron chi connectivity index (χ2n) is 8.29. The van der Waals surface area contributed by atoms with Crippen LogP contribution in [0, 0.1) is 6.92 Å². The second kappa shape index (κ2) is 8.42. The maximum Gasteiger partial charge on any atom is 0.325 e. The maximum absolute atomic E-state index is 13.1. The van der Waals surface area contributed by atoms with E-state index in [1.54, 1.807) is 16.2 Å². The summed E-state index contributed by atoms with van der Waals surface area (Å²) in [7, 11) is 0. The molecular weight excluding hydrogens is 412 g/mol. The Kier molecular flexibility index (Phi) is 5.83. The van der Waals surface area contributed by atoms with E-state index < -0.39 is 11.6 Å². The number of anilines is 1. The summed E-state index contributed by atoms with van der Waals surface area (Å²) in [5.41, 5.74) is 3.04. The summed E-state index contributed by atoms with van der Waals surface area (Å²) in [4.78, 5) is 46.1. The average molecular weight is 441 g/mol. The minimum absolute atomic E-state index is 0.230. The Morgan fingerprint density at radius 2 is 1.97 bits per heavy atom. The molecule has 7 nitrogen and oxygen atoms in total. The summed E-state index contributed by atoms with van der Waals surface area (Å²) < 4.78 is 0. The van der Waals surface area contributed by atoms with E-state index >= 15 is 0 Å². The molecule has 0 radical (unpaired) electrons. The van der Waals surface area contributed by atoms with Gasteiger partial charge in [-0.05, 0) is 43.9 Å². The Bertz CT molecular complexity index is 1030. The molecule has 4 rings (SSSR count). The number of carbonyl (C=O) groups is 3. The number of nitrogens with zero attached hydrogens (tertiary/aromatic N) is 3. The van der Waals surface area contributed by atoms with Crippen LogP contribution in [0.1, 0.15) is 50.1 Å². The Morgan fingerprint density at radius 1 is 1.23 bits per heavy atom. The Labute approximate surface area is 186 Å². The minimum atomic E-state index is -0.871. The van der Waals surface area contributed by atoms with E-state index in [1.807, 2.05) is 38.3 Å². The van der Waals surface area contributed by atoms with Crippen molar-refractivity contribution < 1.29 is 14.4 Å². The van der Waals surface area contributed by atoms with Crippen molar-refractivity contribution in [3.63, 3.8) is 0 Å². The zero-order valence-corrected chi connectivity index (χ0v) is 19.1. The molecule has 0 aliphatic carbocycles. The number of benzene rings is 1. The molecule has 2 aliphatic rings. The first-order valence-corrected chi connectivity index (χ1v) is 11.8. The molecule has 31 heavy (non-hydrogen) atoms. The summed E-state index contributed by atoms with van der Waals surface area (Å²) in [6.07, 6.45) is 3.49. The molecule has 0 saturated carbocycles. The van der Waals surface area contributed by atoms with Crippen molar-refractivity contribution in [2.75, 3.05) is 18.0 Å². The highest BCUT2D eigenvalue weighted by Crippen LogP contribution is 2.33. The molecule has 1 fully saturated rings. The summed E-state index contributed by atoms with van der Waals surface area (Å²) in [5.74, 6) is -0.508. The molecule has 1 aromatic carbocycles. The average Bonchev–Trinajstić information content (AvgIpc) is 3.41. The van der Waals surface area contributed by atoms with Crippen molar-refractivity contribution in [1.82, 2.24) is 15.2 Å². The van der Waals surface area contributed by atoms with Crippen molar-refractivity contribution in [2.45, 2.75) is 58.4 Å². The van der Waals surface area contributed by atoms with Gasteiger partial charge in [-0.2, -0.15) is 0 Å². The first-order chi connectivity index (χ1) is 14.9. The molecule has 8 heteroatoms. The number of hydrogen-bond acceptors (Lipinski definition) is 5. The van der Waals surface area contributed by atoms with Crippen LogP contribution in [0.15, 0.2) is 23.6 Å². The number of nitrogens with one attached hydrogen (secondary N) is 1. The molecule has 164 valence electrons. The van der Waals surface area contributed by atoms with Gasteiger partial charge in [0.1, 0.15) is 12.1 Å². The molecule has 0 spiro atoms. The zero-order valence-electron chi connectivity index (χ0n) is 18.2. The molecule has 1 saturated heterocycles. The third-order valence-corrected chi connectivity index (χ3v) is 6.86. The molecule has 0 unspecified atom stereocenters. The summed E-state index contributed by atoms with van der Waals surface area (Å²) in [5, 5.41) is 5.92. The fraction of sp³-hybridized carbons (Fsp3) is 0.478. The van der Waals surface area contributed by atoms with Gasteiger partial charge in [0.2, 0.25) is 5.91 Å². The van der Waals surface area contributed by atoms with Crippen molar-refractivity contribution in [3.05, 3.63) is 34.2 Å². The van der Waals surface area contributed by atoms with Gasteiger partial charge in [-0.15, -0.1) is 11.3 Å². The maximum atomic E-state index is 13.1. The van der Waals surface area contributed by atoms with E-state index in [1.165, 1.54) is 0 Å². The predicted molar refractivity (Wildman–Crippen MR) is 121 cm³/mol. The molecule has 0 bridgehead atoms. The molecule has 2 aliphatic heterocycles. The van der Waals surface area contributed by atoms with E-state index in [9.17, 15) is 14.4 Å². The number of amides is 4. The van der Waals surface area contributed by atoms with Crippen LogP contribution in [0.3, 0.4) is 0 Å². The van der Waals surface area contributed by atoms with Crippen LogP contribution in [0.2, 0.25) is 0 Å². The lowest BCUT2D eigenvalue weighted by Gasteiger charge is -2.26. The van der Waals surface area contributed by atoms with Gasteiger partial charge in [0.05, 0.1) is 10.7 Å². The fourth-order valence-corrected chi connectivity index (χ4v) is 5.30. The van der Waals surface area contributed by atoms with Crippen LogP contribution in [-0.4, -0.2) is 46.4 Å². The monoisotopic (exact) mass is 440 g/mol. The Morgan fingerprint density at radius 3 is 2.61 bits per heavy atom. The fourth-order valence-electron chi connectivity index (χ4n) is 4.67. The molecule has 1 N–H and O–H groups in total. The van der Waals surface area contributed by atoms with E-state index in [2.05, 4.69) is 16.4 Å². The molecule has 4 amide bonds. The highest BCUT2D eigenvalue weighted by atomic mass is 32.1. The summed E-state index contributed by atoms with van der Waals surface area (Å²) in [6.45, 7) is 6.28. The number of fused-ring (bicyclic) bond motifs is 1. The van der Waals surface area contributed by atoms with Gasteiger partial charge in [-0.3, -0.25) is 14.5 Å². The quantitative estimate of drug-likeness (QED) is 0.662. The van der Waals surface area contributed by atoms with E-state index in [-0.39, 0.29) is 18.4 Å². The summed E-state index contributed by atoms with van der Waals surface area (Å²) in [6, 6.07) is 5.53. The lowest BCUT2D eigenvalue weighted by molar-refractivity contribution is -0.134. The minimum Gasteiger partial charge on any atom is -0.323 e. The summed E-state index contributed by atoms with van der Waals surface area (Å²) >= 11 is 1.61. The van der Waals surface area contributed by atoms with Crippen LogP contribution < -0.4 is 10.2 Å². The molecule has 2 aromatic rings. The number of urea groups is 1. The number of carbonyl (C=O) groups excluding carboxylic acids is 3. The Balaban J connectivity index is 1.50. The van der Waals surface area contributed by atoms with Crippen LogP contribution in [0.5, 0.6) is 0 Å². The van der Waals surface area contributed by atoms with Gasteiger partial charge in [-0.25, -0.2) is 9.78 Å². The lowest BCUT2D eigenvalue weighted by atomic mass is 9.88. The number of thiazole rings is 1. The number of imide groups is 1. The van der Waals surface area contributed by atoms with Crippen molar-refractivity contribution in [3.8, 4) is 11.3 Å². The standard InChI is InChI=1S/C23H28N4O3S/c1-4-9-23(10-5-2)21(29)27(22(30)25-23)13-20(28)26-11-8-17-12-16(6-7-19(17)26)18-14-31-15(3)24-18/h6-7,12,14H,4-5,8-11,13H2,1-3H3,(H,25,30). The molecule has 1 aromatic heterocycles. The number of hydrogen-bond donors (Lipinski definition) is 1. The lowest BCUT2D eigenvalue weighted by Crippen LogP contribution is -2.47. The first kappa shape index (κ1) is 21.5. The van der Waals surface area contributed by atoms with Crippen LogP contribution in [0.4, 0.5) is 10.5 Å². The molecule has 3 heterocycles. The van der Waals surface area contributed by atoms with Gasteiger partial charge in [-0.1, -0.05) is 32.8 Å². The van der Waals surface area contributed by atoms with E-state index in [4.69, 9.17) is 0 Å². The van der Waals surface area contributed by atoms with E-state index in [0.29, 0.717) is 19.4 Å². The highest BCUT2D eigenvalue weighted by molar-refractivity contribution is 7.09. The number of rotatable bonds is 7. The number of aryl methyl sites for hydroxylation is 1. The van der Waals surface area contributed by atoms with Crippen LogP contribution in [-0.2, 0) is 16.0 Å². The number of aromatic nitrogens is 1. The van der Waals surface area contributed by atoms with Gasteiger partial charge in [0.25, 0.3) is 5.91 Å². The third-order valence-electron chi connectivity index (χ3n) is 6.08. The highest BCUT2D eigenvalue weighted by Gasteiger charge is 2.50. The van der Waals surface area contributed by atoms with Crippen LogP contribution >= 0.6 is 11.3 Å². The smallest absolute Gasteiger partial charge is 0.323 e. The van der Waals surface area contributed by atoms with Gasteiger partial charge in [0.15, 0.2) is 0 Å². The molecular formula is C23H28N4O3S. The first-order valence-electron chi connectivity index (χ1n) is 10.9. The zero-order chi connectivity index (χ0) is 22.2.